The summed E-state index contributed by atoms with van der Waals surface area (Å²) in [5, 5.41) is 0. The van der Waals surface area contributed by atoms with Crippen molar-refractivity contribution in [2.75, 3.05) is 0 Å². The van der Waals surface area contributed by atoms with Gasteiger partial charge in [-0.1, -0.05) is 43.2 Å². The molecule has 0 atom stereocenters. The van der Waals surface area contributed by atoms with E-state index in [0.29, 0.717) is 0 Å². The standard InChI is InChI=1S/C15H22/c1-3-13-6-10-15(11-7-13)14-8-4-12(2)5-9-14/h4-5,8-9,13,15H,3,6-7,10-11H2,1-2H3. The fraction of sp³-hybridized carbons (Fsp3) is 0.600. The molecule has 0 saturated heterocycles. The molecule has 82 valence electrons. The van der Waals surface area contributed by atoms with Crippen LogP contribution in [0.25, 0.3) is 0 Å². The van der Waals surface area contributed by atoms with Gasteiger partial charge >= 0.3 is 0 Å². The Bertz CT molecular complexity index is 288. The lowest BCUT2D eigenvalue weighted by Crippen LogP contribution is -2.12. The Kier molecular flexibility index (Phi) is 3.45. The van der Waals surface area contributed by atoms with Gasteiger partial charge in [0.05, 0.1) is 0 Å². The van der Waals surface area contributed by atoms with Crippen LogP contribution in [0.1, 0.15) is 56.1 Å². The first-order chi connectivity index (χ1) is 7.29. The van der Waals surface area contributed by atoms with Crippen LogP contribution in [-0.4, -0.2) is 0 Å². The average molecular weight is 202 g/mol. The normalized spacial score (nSPS) is 26.5. The fourth-order valence-electron chi connectivity index (χ4n) is 2.74. The molecule has 0 spiro atoms. The van der Waals surface area contributed by atoms with E-state index in [-0.39, 0.29) is 0 Å². The van der Waals surface area contributed by atoms with Gasteiger partial charge in [-0.2, -0.15) is 0 Å². The van der Waals surface area contributed by atoms with Gasteiger partial charge in [0.2, 0.25) is 0 Å². The van der Waals surface area contributed by atoms with Gasteiger partial charge < -0.3 is 0 Å². The lowest BCUT2D eigenvalue weighted by molar-refractivity contribution is 0.319. The summed E-state index contributed by atoms with van der Waals surface area (Å²) in [7, 11) is 0. The van der Waals surface area contributed by atoms with Crippen LogP contribution in [0.2, 0.25) is 0 Å². The van der Waals surface area contributed by atoms with Gasteiger partial charge in [0, 0.05) is 0 Å². The van der Waals surface area contributed by atoms with Gasteiger partial charge in [-0.05, 0) is 50.0 Å². The third-order valence-corrected chi connectivity index (χ3v) is 3.97. The molecule has 1 aromatic rings. The van der Waals surface area contributed by atoms with E-state index < -0.39 is 0 Å². The van der Waals surface area contributed by atoms with Crippen molar-refractivity contribution >= 4 is 0 Å². The molecule has 1 aliphatic rings. The lowest BCUT2D eigenvalue weighted by Gasteiger charge is -2.28. The van der Waals surface area contributed by atoms with Crippen LogP contribution in [0.15, 0.2) is 24.3 Å². The second-order valence-electron chi connectivity index (χ2n) is 5.04. The smallest absolute Gasteiger partial charge is 0.0162 e. The minimum absolute atomic E-state index is 0.841. The van der Waals surface area contributed by atoms with E-state index in [0.717, 1.165) is 11.8 Å². The molecule has 0 unspecified atom stereocenters. The molecule has 1 saturated carbocycles. The van der Waals surface area contributed by atoms with Gasteiger partial charge in [0.1, 0.15) is 0 Å². The van der Waals surface area contributed by atoms with Crippen LogP contribution in [0.3, 0.4) is 0 Å². The molecular formula is C15H22. The number of aryl methyl sites for hydroxylation is 1. The van der Waals surface area contributed by atoms with E-state index in [9.17, 15) is 0 Å². The number of benzene rings is 1. The maximum atomic E-state index is 2.33. The Morgan fingerprint density at radius 3 is 2.13 bits per heavy atom. The molecule has 0 heterocycles. The zero-order valence-corrected chi connectivity index (χ0v) is 10.00. The zero-order valence-electron chi connectivity index (χ0n) is 10.00. The summed E-state index contributed by atoms with van der Waals surface area (Å²) < 4.78 is 0. The Morgan fingerprint density at radius 1 is 1.00 bits per heavy atom. The van der Waals surface area contributed by atoms with E-state index in [1.165, 1.54) is 37.7 Å². The molecule has 0 heteroatoms. The molecule has 1 aliphatic carbocycles. The highest BCUT2D eigenvalue weighted by Crippen LogP contribution is 2.36. The quantitative estimate of drug-likeness (QED) is 0.653. The summed E-state index contributed by atoms with van der Waals surface area (Å²) in [5.41, 5.74) is 2.94. The molecule has 0 aromatic heterocycles. The highest BCUT2D eigenvalue weighted by Gasteiger charge is 2.20. The molecule has 0 radical (unpaired) electrons. The van der Waals surface area contributed by atoms with Crippen LogP contribution in [0.4, 0.5) is 0 Å². The Morgan fingerprint density at radius 2 is 1.60 bits per heavy atom. The summed E-state index contributed by atoms with van der Waals surface area (Å²) in [6.45, 7) is 4.49. The zero-order chi connectivity index (χ0) is 10.7. The first-order valence-corrected chi connectivity index (χ1v) is 6.36. The van der Waals surface area contributed by atoms with Gasteiger partial charge in [-0.3, -0.25) is 0 Å². The molecule has 2 rings (SSSR count). The first kappa shape index (κ1) is 10.7. The van der Waals surface area contributed by atoms with E-state index in [1.54, 1.807) is 5.56 Å². The van der Waals surface area contributed by atoms with Crippen molar-refractivity contribution in [3.63, 3.8) is 0 Å². The van der Waals surface area contributed by atoms with Crippen LogP contribution in [0.5, 0.6) is 0 Å². The monoisotopic (exact) mass is 202 g/mol. The maximum Gasteiger partial charge on any atom is -0.0162 e. The van der Waals surface area contributed by atoms with Crippen LogP contribution in [0, 0.1) is 12.8 Å². The second-order valence-corrected chi connectivity index (χ2v) is 5.04. The minimum atomic E-state index is 0.841. The summed E-state index contributed by atoms with van der Waals surface area (Å²) >= 11 is 0. The Balaban J connectivity index is 1.98. The summed E-state index contributed by atoms with van der Waals surface area (Å²) in [4.78, 5) is 0. The molecular weight excluding hydrogens is 180 g/mol. The molecule has 1 aromatic carbocycles. The van der Waals surface area contributed by atoms with Crippen molar-refractivity contribution < 1.29 is 0 Å². The third kappa shape index (κ3) is 2.62. The topological polar surface area (TPSA) is 0 Å². The predicted molar refractivity (Wildman–Crippen MR) is 66.2 cm³/mol. The average Bonchev–Trinajstić information content (AvgIpc) is 2.30. The highest BCUT2D eigenvalue weighted by molar-refractivity contribution is 5.24. The number of hydrogen-bond acceptors (Lipinski definition) is 0. The minimum Gasteiger partial charge on any atom is -0.0651 e. The molecule has 0 amide bonds. The second kappa shape index (κ2) is 4.83. The van der Waals surface area contributed by atoms with Crippen molar-refractivity contribution in [3.05, 3.63) is 35.4 Å². The molecule has 1 fully saturated rings. The van der Waals surface area contributed by atoms with Gasteiger partial charge in [-0.25, -0.2) is 0 Å². The predicted octanol–water partition coefficient (Wildman–Crippen LogP) is 4.68. The highest BCUT2D eigenvalue weighted by atomic mass is 14.3. The molecule has 0 bridgehead atoms. The van der Waals surface area contributed by atoms with Crippen molar-refractivity contribution in [2.24, 2.45) is 5.92 Å². The lowest BCUT2D eigenvalue weighted by atomic mass is 9.78. The van der Waals surface area contributed by atoms with Gasteiger partial charge in [0.25, 0.3) is 0 Å². The molecule has 0 aliphatic heterocycles. The summed E-state index contributed by atoms with van der Waals surface area (Å²) in [6, 6.07) is 9.15. The van der Waals surface area contributed by atoms with Crippen molar-refractivity contribution in [3.8, 4) is 0 Å². The summed E-state index contributed by atoms with van der Waals surface area (Å²) in [5.74, 6) is 1.85. The fourth-order valence-corrected chi connectivity index (χ4v) is 2.74. The molecule has 0 N–H and O–H groups in total. The third-order valence-electron chi connectivity index (χ3n) is 3.97. The van der Waals surface area contributed by atoms with E-state index in [2.05, 4.69) is 38.1 Å². The maximum absolute atomic E-state index is 2.33. The first-order valence-electron chi connectivity index (χ1n) is 6.36. The van der Waals surface area contributed by atoms with Crippen LogP contribution in [-0.2, 0) is 0 Å². The Labute approximate surface area is 93.7 Å². The van der Waals surface area contributed by atoms with E-state index in [1.807, 2.05) is 0 Å². The van der Waals surface area contributed by atoms with Crippen LogP contribution >= 0.6 is 0 Å². The van der Waals surface area contributed by atoms with Crippen LogP contribution < -0.4 is 0 Å². The number of hydrogen-bond donors (Lipinski definition) is 0. The van der Waals surface area contributed by atoms with E-state index >= 15 is 0 Å². The molecule has 15 heavy (non-hydrogen) atoms. The van der Waals surface area contributed by atoms with Crippen molar-refractivity contribution in [1.82, 2.24) is 0 Å². The van der Waals surface area contributed by atoms with Crippen molar-refractivity contribution in [2.45, 2.75) is 51.9 Å². The van der Waals surface area contributed by atoms with Gasteiger partial charge in [0.15, 0.2) is 0 Å². The number of rotatable bonds is 2. The Hall–Kier alpha value is -0.780. The van der Waals surface area contributed by atoms with E-state index in [4.69, 9.17) is 0 Å². The van der Waals surface area contributed by atoms with Crippen molar-refractivity contribution in [1.29, 1.82) is 0 Å². The SMILES string of the molecule is CCC1CCC(c2ccc(C)cc2)CC1. The largest absolute Gasteiger partial charge is 0.0651 e. The molecule has 0 nitrogen and oxygen atoms in total. The van der Waals surface area contributed by atoms with Gasteiger partial charge in [-0.15, -0.1) is 0 Å². The summed E-state index contributed by atoms with van der Waals surface area (Å²) in [6.07, 6.45) is 7.06.